The van der Waals surface area contributed by atoms with Crippen molar-refractivity contribution in [2.24, 2.45) is 5.92 Å². The summed E-state index contributed by atoms with van der Waals surface area (Å²) in [5.41, 5.74) is 1.74. The lowest BCUT2D eigenvalue weighted by Gasteiger charge is -2.15. The van der Waals surface area contributed by atoms with E-state index < -0.39 is 11.2 Å². The molecule has 96 valence electrons. The summed E-state index contributed by atoms with van der Waals surface area (Å²) >= 11 is 1.28. The summed E-state index contributed by atoms with van der Waals surface area (Å²) < 4.78 is 1.73. The van der Waals surface area contributed by atoms with E-state index >= 15 is 0 Å². The molecule has 0 fully saturated rings. The minimum absolute atomic E-state index is 0.0403. The lowest BCUT2D eigenvalue weighted by atomic mass is 10.1. The van der Waals surface area contributed by atoms with Crippen molar-refractivity contribution in [2.75, 3.05) is 0 Å². The van der Waals surface area contributed by atoms with E-state index in [1.165, 1.54) is 11.8 Å². The van der Waals surface area contributed by atoms with Crippen LogP contribution in [-0.4, -0.2) is 30.9 Å². The molecule has 0 amide bonds. The third kappa shape index (κ3) is 2.48. The Morgan fingerprint density at radius 1 is 1.50 bits per heavy atom. The van der Waals surface area contributed by atoms with E-state index in [4.69, 9.17) is 0 Å². The number of carboxylic acids is 1. The number of thioether (sulfide) groups is 1. The predicted molar refractivity (Wildman–Crippen MR) is 69.8 cm³/mol. The zero-order valence-electron chi connectivity index (χ0n) is 10.5. The van der Waals surface area contributed by atoms with Crippen LogP contribution < -0.4 is 0 Å². The van der Waals surface area contributed by atoms with Crippen LogP contribution in [0, 0.1) is 12.8 Å². The highest BCUT2D eigenvalue weighted by molar-refractivity contribution is 8.00. The van der Waals surface area contributed by atoms with Gasteiger partial charge in [-0.05, 0) is 18.9 Å². The Hall–Kier alpha value is -1.56. The number of carboxylic acid groups (broad SMARTS) is 1. The maximum absolute atomic E-state index is 11.2. The SMILES string of the molecule is Cc1cc2c(SC(C(=O)O)C(C)C)nccn2n1. The highest BCUT2D eigenvalue weighted by Crippen LogP contribution is 2.29. The van der Waals surface area contributed by atoms with Gasteiger partial charge in [0.2, 0.25) is 0 Å². The number of aromatic nitrogens is 3. The van der Waals surface area contributed by atoms with Crippen molar-refractivity contribution in [1.29, 1.82) is 0 Å². The third-order valence-corrected chi connectivity index (χ3v) is 4.10. The van der Waals surface area contributed by atoms with E-state index in [1.54, 1.807) is 16.9 Å². The van der Waals surface area contributed by atoms with Gasteiger partial charge in [0, 0.05) is 12.4 Å². The molecule has 0 saturated carbocycles. The van der Waals surface area contributed by atoms with E-state index in [0.29, 0.717) is 5.03 Å². The Balaban J connectivity index is 2.39. The van der Waals surface area contributed by atoms with Gasteiger partial charge < -0.3 is 5.11 Å². The number of fused-ring (bicyclic) bond motifs is 1. The molecule has 6 heteroatoms. The molecule has 2 heterocycles. The van der Waals surface area contributed by atoms with E-state index in [1.807, 2.05) is 26.8 Å². The molecule has 2 aromatic heterocycles. The minimum atomic E-state index is -0.810. The average molecular weight is 265 g/mol. The first-order valence-corrected chi connectivity index (χ1v) is 6.57. The number of hydrogen-bond acceptors (Lipinski definition) is 4. The van der Waals surface area contributed by atoms with Crippen LogP contribution in [0.25, 0.3) is 5.52 Å². The van der Waals surface area contributed by atoms with Crippen LogP contribution in [0.2, 0.25) is 0 Å². The van der Waals surface area contributed by atoms with Crippen molar-refractivity contribution < 1.29 is 9.90 Å². The van der Waals surface area contributed by atoms with Gasteiger partial charge in [-0.25, -0.2) is 9.50 Å². The summed E-state index contributed by atoms with van der Waals surface area (Å²) in [6.07, 6.45) is 3.40. The smallest absolute Gasteiger partial charge is 0.317 e. The maximum Gasteiger partial charge on any atom is 0.317 e. The molecule has 1 N–H and O–H groups in total. The van der Waals surface area contributed by atoms with Gasteiger partial charge in [0.15, 0.2) is 0 Å². The van der Waals surface area contributed by atoms with Gasteiger partial charge in [-0.1, -0.05) is 25.6 Å². The Kier molecular flexibility index (Phi) is 3.56. The molecule has 1 unspecified atom stereocenters. The first-order valence-electron chi connectivity index (χ1n) is 5.69. The molecule has 2 rings (SSSR count). The predicted octanol–water partition coefficient (Wildman–Crippen LogP) is 2.24. The quantitative estimate of drug-likeness (QED) is 0.859. The molecule has 0 aliphatic carbocycles. The number of carbonyl (C=O) groups is 1. The van der Waals surface area contributed by atoms with Crippen LogP contribution >= 0.6 is 11.8 Å². The van der Waals surface area contributed by atoms with Crippen molar-refractivity contribution in [3.8, 4) is 0 Å². The second-order valence-corrected chi connectivity index (χ2v) is 5.60. The van der Waals surface area contributed by atoms with Crippen molar-refractivity contribution in [2.45, 2.75) is 31.0 Å². The Morgan fingerprint density at radius 3 is 2.83 bits per heavy atom. The van der Waals surface area contributed by atoms with Crippen LogP contribution in [0.5, 0.6) is 0 Å². The Morgan fingerprint density at radius 2 is 2.22 bits per heavy atom. The number of rotatable bonds is 4. The fourth-order valence-corrected chi connectivity index (χ4v) is 2.71. The van der Waals surface area contributed by atoms with Crippen molar-refractivity contribution in [3.05, 3.63) is 24.2 Å². The van der Waals surface area contributed by atoms with E-state index in [2.05, 4.69) is 10.1 Å². The van der Waals surface area contributed by atoms with Gasteiger partial charge in [-0.2, -0.15) is 5.10 Å². The van der Waals surface area contributed by atoms with Crippen molar-refractivity contribution >= 4 is 23.2 Å². The number of hydrogen-bond donors (Lipinski definition) is 1. The highest BCUT2D eigenvalue weighted by atomic mass is 32.2. The van der Waals surface area contributed by atoms with Gasteiger partial charge in [-0.15, -0.1) is 0 Å². The van der Waals surface area contributed by atoms with Crippen LogP contribution in [0.4, 0.5) is 0 Å². The van der Waals surface area contributed by atoms with E-state index in [9.17, 15) is 9.90 Å². The zero-order chi connectivity index (χ0) is 13.3. The normalized spacial score (nSPS) is 13.1. The third-order valence-electron chi connectivity index (χ3n) is 2.56. The second-order valence-electron chi connectivity index (χ2n) is 4.47. The fraction of sp³-hybridized carbons (Fsp3) is 0.417. The van der Waals surface area contributed by atoms with Gasteiger partial charge >= 0.3 is 5.97 Å². The summed E-state index contributed by atoms with van der Waals surface area (Å²) in [6, 6.07) is 1.91. The van der Waals surface area contributed by atoms with Gasteiger partial charge in [0.1, 0.15) is 10.3 Å². The van der Waals surface area contributed by atoms with E-state index in [0.717, 1.165) is 11.2 Å². The van der Waals surface area contributed by atoms with E-state index in [-0.39, 0.29) is 5.92 Å². The molecule has 0 bridgehead atoms. The van der Waals surface area contributed by atoms with Crippen molar-refractivity contribution in [3.63, 3.8) is 0 Å². The molecule has 1 atom stereocenters. The van der Waals surface area contributed by atoms with Gasteiger partial charge in [0.25, 0.3) is 0 Å². The average Bonchev–Trinajstić information content (AvgIpc) is 2.65. The monoisotopic (exact) mass is 265 g/mol. The Labute approximate surface area is 109 Å². The van der Waals surface area contributed by atoms with Gasteiger partial charge in [0.05, 0.1) is 11.2 Å². The largest absolute Gasteiger partial charge is 0.480 e. The van der Waals surface area contributed by atoms with Gasteiger partial charge in [-0.3, -0.25) is 4.79 Å². The first-order chi connectivity index (χ1) is 8.49. The summed E-state index contributed by atoms with van der Waals surface area (Å²) in [4.78, 5) is 15.5. The number of aryl methyl sites for hydroxylation is 1. The lowest BCUT2D eigenvalue weighted by Crippen LogP contribution is -2.22. The first kappa shape index (κ1) is 12.9. The van der Waals surface area contributed by atoms with Crippen LogP contribution in [0.3, 0.4) is 0 Å². The molecule has 2 aromatic rings. The molecule has 0 aliphatic rings. The molecule has 18 heavy (non-hydrogen) atoms. The molecule has 0 saturated heterocycles. The minimum Gasteiger partial charge on any atom is -0.480 e. The zero-order valence-corrected chi connectivity index (χ0v) is 11.3. The summed E-state index contributed by atoms with van der Waals surface area (Å²) in [5.74, 6) is -0.770. The topological polar surface area (TPSA) is 67.5 Å². The van der Waals surface area contributed by atoms with Crippen molar-refractivity contribution in [1.82, 2.24) is 14.6 Å². The van der Waals surface area contributed by atoms with Crippen LogP contribution in [0.15, 0.2) is 23.5 Å². The molecule has 0 aromatic carbocycles. The molecule has 5 nitrogen and oxygen atoms in total. The maximum atomic E-state index is 11.2. The molecule has 0 spiro atoms. The molecular weight excluding hydrogens is 250 g/mol. The molecule has 0 aliphatic heterocycles. The summed E-state index contributed by atoms with van der Waals surface area (Å²) in [5, 5.41) is 13.7. The molecular formula is C12H15N3O2S. The highest BCUT2D eigenvalue weighted by Gasteiger charge is 2.24. The van der Waals surface area contributed by atoms with Crippen LogP contribution in [0.1, 0.15) is 19.5 Å². The number of nitrogens with zero attached hydrogens (tertiary/aromatic N) is 3. The summed E-state index contributed by atoms with van der Waals surface area (Å²) in [7, 11) is 0. The number of aliphatic carboxylic acids is 1. The second kappa shape index (κ2) is 4.97. The Bertz CT molecular complexity index is 580. The van der Waals surface area contributed by atoms with Crippen LogP contribution in [-0.2, 0) is 4.79 Å². The standard InChI is InChI=1S/C12H15N3O2S/c1-7(2)10(12(16)17)18-11-9-6-8(3)14-15(9)5-4-13-11/h4-7,10H,1-3H3,(H,16,17). The lowest BCUT2D eigenvalue weighted by molar-refractivity contribution is -0.137. The molecule has 0 radical (unpaired) electrons. The fourth-order valence-electron chi connectivity index (χ4n) is 1.70. The summed E-state index contributed by atoms with van der Waals surface area (Å²) in [6.45, 7) is 5.69.